The first-order valence-electron chi connectivity index (χ1n) is 6.00. The molecule has 1 heterocycles. The summed E-state index contributed by atoms with van der Waals surface area (Å²) in [5.74, 6) is 1.68. The number of furan rings is 1. The van der Waals surface area contributed by atoms with Crippen molar-refractivity contribution in [3.63, 3.8) is 0 Å². The van der Waals surface area contributed by atoms with Gasteiger partial charge in [0.05, 0.1) is 13.0 Å². The molecule has 4 nitrogen and oxygen atoms in total. The minimum atomic E-state index is -0.160. The lowest BCUT2D eigenvalue weighted by atomic mass is 10.1. The topological polar surface area (TPSA) is 51.5 Å². The summed E-state index contributed by atoms with van der Waals surface area (Å²) in [5.41, 5.74) is 1.14. The molecule has 0 radical (unpaired) electrons. The van der Waals surface area contributed by atoms with E-state index in [1.54, 1.807) is 0 Å². The van der Waals surface area contributed by atoms with E-state index in [1.165, 1.54) is 0 Å². The molecule has 0 bridgehead atoms. The van der Waals surface area contributed by atoms with Gasteiger partial charge in [0.1, 0.15) is 11.5 Å². The van der Waals surface area contributed by atoms with Gasteiger partial charge < -0.3 is 14.5 Å². The predicted octanol–water partition coefficient (Wildman–Crippen LogP) is 2.50. The molecule has 0 amide bonds. The number of ether oxygens (including phenoxy) is 1. The lowest BCUT2D eigenvalue weighted by molar-refractivity contribution is -0.143. The standard InChI is InChI=1S/C13H21NO3/c1-5-16-13(15)6-7-14-10(3)12-8-9(2)17-11(12)4/h8,10,14H,5-7H2,1-4H3. The lowest BCUT2D eigenvalue weighted by Gasteiger charge is -2.12. The lowest BCUT2D eigenvalue weighted by Crippen LogP contribution is -2.22. The molecule has 1 atom stereocenters. The molecule has 1 rings (SSSR count). The zero-order valence-corrected chi connectivity index (χ0v) is 11.0. The Hall–Kier alpha value is -1.29. The monoisotopic (exact) mass is 239 g/mol. The molecule has 1 aromatic rings. The number of carbonyl (C=O) groups is 1. The van der Waals surface area contributed by atoms with E-state index in [4.69, 9.17) is 9.15 Å². The van der Waals surface area contributed by atoms with Crippen molar-refractivity contribution in [2.75, 3.05) is 13.2 Å². The van der Waals surface area contributed by atoms with E-state index in [-0.39, 0.29) is 12.0 Å². The van der Waals surface area contributed by atoms with Gasteiger partial charge in [-0.15, -0.1) is 0 Å². The van der Waals surface area contributed by atoms with Gasteiger partial charge in [0.2, 0.25) is 0 Å². The Bertz CT molecular complexity index is 371. The van der Waals surface area contributed by atoms with Crippen LogP contribution >= 0.6 is 0 Å². The fourth-order valence-corrected chi connectivity index (χ4v) is 1.81. The number of nitrogens with one attached hydrogen (secondary N) is 1. The van der Waals surface area contributed by atoms with Crippen LogP contribution in [0, 0.1) is 13.8 Å². The van der Waals surface area contributed by atoms with Crippen LogP contribution in [-0.2, 0) is 9.53 Å². The molecule has 0 fully saturated rings. The van der Waals surface area contributed by atoms with Crippen LogP contribution in [0.25, 0.3) is 0 Å². The van der Waals surface area contributed by atoms with Gasteiger partial charge in [-0.1, -0.05) is 0 Å². The molecule has 0 aromatic carbocycles. The summed E-state index contributed by atoms with van der Waals surface area (Å²) < 4.78 is 10.3. The third-order valence-electron chi connectivity index (χ3n) is 2.63. The molecule has 4 heteroatoms. The first kappa shape index (κ1) is 13.8. The molecule has 0 aliphatic carbocycles. The number of hydrogen-bond donors (Lipinski definition) is 1. The van der Waals surface area contributed by atoms with Crippen LogP contribution in [0.15, 0.2) is 10.5 Å². The average molecular weight is 239 g/mol. The van der Waals surface area contributed by atoms with Crippen molar-refractivity contribution in [2.24, 2.45) is 0 Å². The summed E-state index contributed by atoms with van der Waals surface area (Å²) in [7, 11) is 0. The van der Waals surface area contributed by atoms with E-state index < -0.39 is 0 Å². The maximum absolute atomic E-state index is 11.2. The highest BCUT2D eigenvalue weighted by atomic mass is 16.5. The first-order valence-corrected chi connectivity index (χ1v) is 6.00. The third-order valence-corrected chi connectivity index (χ3v) is 2.63. The van der Waals surface area contributed by atoms with Crippen LogP contribution in [-0.4, -0.2) is 19.1 Å². The maximum Gasteiger partial charge on any atom is 0.307 e. The van der Waals surface area contributed by atoms with E-state index in [2.05, 4.69) is 12.2 Å². The Labute approximate surface area is 102 Å². The van der Waals surface area contributed by atoms with Crippen LogP contribution in [0.5, 0.6) is 0 Å². The van der Waals surface area contributed by atoms with Crippen molar-refractivity contribution in [1.82, 2.24) is 5.32 Å². The summed E-state index contributed by atoms with van der Waals surface area (Å²) in [4.78, 5) is 11.2. The summed E-state index contributed by atoms with van der Waals surface area (Å²) in [6.07, 6.45) is 0.397. The summed E-state index contributed by atoms with van der Waals surface area (Å²) in [5, 5.41) is 3.28. The number of carbonyl (C=O) groups excluding carboxylic acids is 1. The second kappa shape index (κ2) is 6.45. The second-order valence-electron chi connectivity index (χ2n) is 4.10. The molecule has 0 aliphatic rings. The normalized spacial score (nSPS) is 12.5. The van der Waals surface area contributed by atoms with Crippen molar-refractivity contribution in [3.8, 4) is 0 Å². The molecular weight excluding hydrogens is 218 g/mol. The van der Waals surface area contributed by atoms with Gasteiger partial charge in [0.15, 0.2) is 0 Å². The van der Waals surface area contributed by atoms with Gasteiger partial charge in [-0.05, 0) is 33.8 Å². The van der Waals surface area contributed by atoms with E-state index in [1.807, 2.05) is 26.8 Å². The van der Waals surface area contributed by atoms with Crippen molar-refractivity contribution in [1.29, 1.82) is 0 Å². The molecule has 1 aromatic heterocycles. The highest BCUT2D eigenvalue weighted by Crippen LogP contribution is 2.20. The van der Waals surface area contributed by atoms with Gasteiger partial charge in [-0.2, -0.15) is 0 Å². The third kappa shape index (κ3) is 4.23. The molecule has 1 unspecified atom stereocenters. The molecule has 17 heavy (non-hydrogen) atoms. The van der Waals surface area contributed by atoms with E-state index >= 15 is 0 Å². The molecule has 0 aliphatic heterocycles. The highest BCUT2D eigenvalue weighted by molar-refractivity contribution is 5.69. The fraction of sp³-hybridized carbons (Fsp3) is 0.615. The molecule has 0 saturated carbocycles. The van der Waals surface area contributed by atoms with Crippen LogP contribution in [0.2, 0.25) is 0 Å². The quantitative estimate of drug-likeness (QED) is 0.775. The number of esters is 1. The van der Waals surface area contributed by atoms with Crippen molar-refractivity contribution >= 4 is 5.97 Å². The molecule has 0 spiro atoms. The Balaban J connectivity index is 2.37. The Morgan fingerprint density at radius 2 is 2.24 bits per heavy atom. The zero-order chi connectivity index (χ0) is 12.8. The van der Waals surface area contributed by atoms with Gasteiger partial charge >= 0.3 is 5.97 Å². The van der Waals surface area contributed by atoms with Gasteiger partial charge in [0, 0.05) is 18.2 Å². The van der Waals surface area contributed by atoms with Crippen molar-refractivity contribution < 1.29 is 13.9 Å². The fourth-order valence-electron chi connectivity index (χ4n) is 1.81. The van der Waals surface area contributed by atoms with Crippen molar-refractivity contribution in [2.45, 2.75) is 40.2 Å². The average Bonchev–Trinajstić information content (AvgIpc) is 2.58. The van der Waals surface area contributed by atoms with E-state index in [0.29, 0.717) is 19.6 Å². The first-order chi connectivity index (χ1) is 8.04. The van der Waals surface area contributed by atoms with Gasteiger partial charge in [-0.25, -0.2) is 0 Å². The van der Waals surface area contributed by atoms with Crippen LogP contribution in [0.3, 0.4) is 0 Å². The highest BCUT2D eigenvalue weighted by Gasteiger charge is 2.12. The Morgan fingerprint density at radius 3 is 2.76 bits per heavy atom. The van der Waals surface area contributed by atoms with Crippen LogP contribution < -0.4 is 5.32 Å². The minimum Gasteiger partial charge on any atom is -0.466 e. The van der Waals surface area contributed by atoms with Crippen LogP contribution in [0.1, 0.15) is 43.4 Å². The molecule has 0 saturated heterocycles. The summed E-state index contributed by atoms with van der Waals surface area (Å²) in [6, 6.07) is 2.21. The van der Waals surface area contributed by atoms with E-state index in [0.717, 1.165) is 17.1 Å². The number of rotatable bonds is 6. The van der Waals surface area contributed by atoms with Crippen LogP contribution in [0.4, 0.5) is 0 Å². The summed E-state index contributed by atoms with van der Waals surface area (Å²) in [6.45, 7) is 8.81. The zero-order valence-electron chi connectivity index (χ0n) is 11.0. The van der Waals surface area contributed by atoms with Gasteiger partial charge in [0.25, 0.3) is 0 Å². The Morgan fingerprint density at radius 1 is 1.53 bits per heavy atom. The molecular formula is C13H21NO3. The Kier molecular flexibility index (Phi) is 5.22. The number of aryl methyl sites for hydroxylation is 2. The van der Waals surface area contributed by atoms with E-state index in [9.17, 15) is 4.79 Å². The molecule has 96 valence electrons. The second-order valence-corrected chi connectivity index (χ2v) is 4.10. The number of hydrogen-bond acceptors (Lipinski definition) is 4. The maximum atomic E-state index is 11.2. The smallest absolute Gasteiger partial charge is 0.307 e. The van der Waals surface area contributed by atoms with Crippen molar-refractivity contribution in [3.05, 3.63) is 23.2 Å². The SMILES string of the molecule is CCOC(=O)CCNC(C)c1cc(C)oc1C. The van der Waals surface area contributed by atoms with Gasteiger partial charge in [-0.3, -0.25) is 4.79 Å². The minimum absolute atomic E-state index is 0.160. The largest absolute Gasteiger partial charge is 0.466 e. The molecule has 1 N–H and O–H groups in total. The summed E-state index contributed by atoms with van der Waals surface area (Å²) >= 11 is 0. The predicted molar refractivity (Wildman–Crippen MR) is 65.8 cm³/mol.